The summed E-state index contributed by atoms with van der Waals surface area (Å²) < 4.78 is 38.4. The van der Waals surface area contributed by atoms with Gasteiger partial charge in [0, 0.05) is 5.54 Å². The molecule has 3 saturated carbocycles. The van der Waals surface area contributed by atoms with Crippen molar-refractivity contribution in [2.45, 2.75) is 102 Å². The topological polar surface area (TPSA) is 0 Å². The van der Waals surface area contributed by atoms with Gasteiger partial charge in [0.05, 0.1) is 5.56 Å². The molecule has 4 heteroatoms. The highest BCUT2D eigenvalue weighted by atomic mass is 35.5. The average molecular weight is 481 g/mol. The maximum atomic E-state index is 12.8. The molecule has 1 aromatic carbocycles. The van der Waals surface area contributed by atoms with E-state index in [1.54, 1.807) is 17.7 Å². The summed E-state index contributed by atoms with van der Waals surface area (Å²) >= 11 is 5.76. The zero-order valence-corrected chi connectivity index (χ0v) is 20.6. The summed E-state index contributed by atoms with van der Waals surface area (Å²) in [5, 5.41) is 0. The highest BCUT2D eigenvalue weighted by molar-refractivity contribution is 6.25. The first-order valence-corrected chi connectivity index (χ1v) is 13.8. The molecule has 3 aliphatic rings. The molecule has 0 atom stereocenters. The Hall–Kier alpha value is -0.960. The molecule has 0 amide bonds. The molecule has 0 bridgehead atoms. The molecule has 1 aromatic rings. The zero-order valence-electron chi connectivity index (χ0n) is 19.8. The van der Waals surface area contributed by atoms with Crippen LogP contribution in [0.25, 0.3) is 0 Å². The molecular formula is C29H40ClF3. The van der Waals surface area contributed by atoms with Gasteiger partial charge in [0.1, 0.15) is 0 Å². The molecule has 184 valence electrons. The van der Waals surface area contributed by atoms with E-state index in [0.29, 0.717) is 11.8 Å². The first-order chi connectivity index (χ1) is 15.9. The molecule has 4 rings (SSSR count). The highest BCUT2D eigenvalue weighted by Crippen LogP contribution is 2.44. The predicted octanol–water partition coefficient (Wildman–Crippen LogP) is 10.1. The predicted molar refractivity (Wildman–Crippen MR) is 131 cm³/mol. The normalized spacial score (nSPS) is 33.9. The molecular weight excluding hydrogens is 441 g/mol. The second-order valence-corrected chi connectivity index (χ2v) is 11.4. The van der Waals surface area contributed by atoms with Crippen LogP contribution in [-0.4, -0.2) is 0 Å². The van der Waals surface area contributed by atoms with Gasteiger partial charge in [-0.2, -0.15) is 13.2 Å². The summed E-state index contributed by atoms with van der Waals surface area (Å²) in [4.78, 5) is 0. The molecule has 0 heterocycles. The Morgan fingerprint density at radius 1 is 0.697 bits per heavy atom. The second-order valence-electron chi connectivity index (χ2n) is 11.2. The van der Waals surface area contributed by atoms with Gasteiger partial charge in [-0.15, -0.1) is 0 Å². The molecule has 0 N–H and O–H groups in total. The van der Waals surface area contributed by atoms with Crippen LogP contribution in [0.1, 0.15) is 107 Å². The molecule has 3 aliphatic carbocycles. The molecule has 0 aliphatic heterocycles. The minimum atomic E-state index is -4.24. The quantitative estimate of drug-likeness (QED) is 0.379. The lowest BCUT2D eigenvalue weighted by molar-refractivity contribution is -0.137. The van der Waals surface area contributed by atoms with Crippen molar-refractivity contribution in [2.75, 3.05) is 0 Å². The van der Waals surface area contributed by atoms with Crippen LogP contribution in [0.2, 0.25) is 0 Å². The van der Waals surface area contributed by atoms with Crippen LogP contribution in [0, 0.1) is 29.6 Å². The fraction of sp³-hybridized carbons (Fsp3) is 0.724. The Balaban J connectivity index is 1.13. The van der Waals surface area contributed by atoms with E-state index in [1.807, 2.05) is 0 Å². The maximum absolute atomic E-state index is 12.8. The van der Waals surface area contributed by atoms with Gasteiger partial charge in [0.25, 0.3) is 0 Å². The number of hydrogen-bond donors (Lipinski definition) is 0. The second kappa shape index (κ2) is 11.6. The Labute approximate surface area is 203 Å². The van der Waals surface area contributed by atoms with E-state index in [0.717, 1.165) is 42.1 Å². The van der Waals surface area contributed by atoms with Gasteiger partial charge >= 0.3 is 6.18 Å². The molecule has 3 fully saturated rings. The van der Waals surface area contributed by atoms with E-state index in [4.69, 9.17) is 11.6 Å². The van der Waals surface area contributed by atoms with Crippen molar-refractivity contribution in [3.8, 4) is 0 Å². The van der Waals surface area contributed by atoms with E-state index in [2.05, 4.69) is 6.08 Å². The molecule has 0 spiro atoms. The van der Waals surface area contributed by atoms with Crippen LogP contribution in [0.5, 0.6) is 0 Å². The third-order valence-electron chi connectivity index (χ3n) is 9.26. The van der Waals surface area contributed by atoms with Crippen LogP contribution < -0.4 is 0 Å². The van der Waals surface area contributed by atoms with E-state index in [-0.39, 0.29) is 0 Å². The summed E-state index contributed by atoms with van der Waals surface area (Å²) in [5.74, 6) is 4.80. The summed E-state index contributed by atoms with van der Waals surface area (Å²) in [6.45, 7) is 0. The zero-order chi connectivity index (χ0) is 23.3. The lowest BCUT2D eigenvalue weighted by atomic mass is 9.68. The molecule has 0 radical (unpaired) electrons. The van der Waals surface area contributed by atoms with Gasteiger partial charge in [-0.1, -0.05) is 55.5 Å². The largest absolute Gasteiger partial charge is 0.416 e. The van der Waals surface area contributed by atoms with E-state index in [9.17, 15) is 13.2 Å². The number of allylic oxidation sites excluding steroid dienone is 1. The van der Waals surface area contributed by atoms with Crippen molar-refractivity contribution in [2.24, 2.45) is 29.6 Å². The maximum Gasteiger partial charge on any atom is 0.416 e. The number of rotatable bonds is 6. The molecule has 0 nitrogen and oxygen atoms in total. The van der Waals surface area contributed by atoms with Crippen LogP contribution in [0.4, 0.5) is 13.2 Å². The lowest BCUT2D eigenvalue weighted by Gasteiger charge is -2.38. The fourth-order valence-electron chi connectivity index (χ4n) is 7.06. The average Bonchev–Trinajstić information content (AvgIpc) is 2.84. The lowest BCUT2D eigenvalue weighted by Crippen LogP contribution is -2.25. The van der Waals surface area contributed by atoms with E-state index in [1.165, 1.54) is 89.2 Å². The van der Waals surface area contributed by atoms with Crippen molar-refractivity contribution in [3.05, 3.63) is 47.0 Å². The van der Waals surface area contributed by atoms with Crippen molar-refractivity contribution in [3.63, 3.8) is 0 Å². The SMILES string of the molecule is FC(F)(F)c1ccc(C2CCC(CCC3CCC(C4CCC(/C=C/Cl)CC4)CC3)CC2)cc1. The summed E-state index contributed by atoms with van der Waals surface area (Å²) in [7, 11) is 0. The van der Waals surface area contributed by atoms with Gasteiger partial charge < -0.3 is 0 Å². The van der Waals surface area contributed by atoms with E-state index >= 15 is 0 Å². The van der Waals surface area contributed by atoms with Crippen LogP contribution in [0.3, 0.4) is 0 Å². The first kappa shape index (κ1) is 25.1. The molecule has 0 aromatic heterocycles. The smallest absolute Gasteiger partial charge is 0.166 e. The molecule has 0 unspecified atom stereocenters. The third kappa shape index (κ3) is 7.03. The monoisotopic (exact) mass is 480 g/mol. The number of hydrogen-bond acceptors (Lipinski definition) is 0. The minimum Gasteiger partial charge on any atom is -0.166 e. The Morgan fingerprint density at radius 2 is 1.18 bits per heavy atom. The standard InChI is InChI=1S/C29H40ClF3/c30-20-19-23-7-13-25(14-8-23)24-9-3-21(4-10-24)1-2-22-5-11-26(12-6-22)27-15-17-28(18-16-27)29(31,32)33/h15-26H,1-14H2/b20-19+. The Kier molecular flexibility index (Phi) is 8.87. The highest BCUT2D eigenvalue weighted by Gasteiger charge is 2.32. The number of benzene rings is 1. The fourth-order valence-corrected chi connectivity index (χ4v) is 7.27. The summed E-state index contributed by atoms with van der Waals surface area (Å²) in [6, 6.07) is 5.90. The Bertz CT molecular complexity index is 729. The van der Waals surface area contributed by atoms with Gasteiger partial charge in [-0.25, -0.2) is 0 Å². The van der Waals surface area contributed by atoms with Gasteiger partial charge in [0.2, 0.25) is 0 Å². The van der Waals surface area contributed by atoms with Gasteiger partial charge in [-0.3, -0.25) is 0 Å². The van der Waals surface area contributed by atoms with Crippen LogP contribution >= 0.6 is 11.6 Å². The first-order valence-electron chi connectivity index (χ1n) is 13.4. The number of alkyl halides is 3. The van der Waals surface area contributed by atoms with Crippen LogP contribution in [0.15, 0.2) is 35.9 Å². The van der Waals surface area contributed by atoms with Crippen LogP contribution in [-0.2, 0) is 6.18 Å². The van der Waals surface area contributed by atoms with Crippen molar-refractivity contribution in [1.82, 2.24) is 0 Å². The number of halogens is 4. The van der Waals surface area contributed by atoms with E-state index < -0.39 is 11.7 Å². The van der Waals surface area contributed by atoms with Crippen molar-refractivity contribution < 1.29 is 13.2 Å². The van der Waals surface area contributed by atoms with Crippen molar-refractivity contribution in [1.29, 1.82) is 0 Å². The Morgan fingerprint density at radius 3 is 1.67 bits per heavy atom. The summed E-state index contributed by atoms with van der Waals surface area (Å²) in [5.41, 5.74) is 2.26. The molecule has 33 heavy (non-hydrogen) atoms. The molecule has 0 saturated heterocycles. The third-order valence-corrected chi connectivity index (χ3v) is 9.40. The minimum absolute atomic E-state index is 0.439. The summed E-state index contributed by atoms with van der Waals surface area (Å²) in [6.07, 6.45) is 16.6. The van der Waals surface area contributed by atoms with Gasteiger partial charge in [0.15, 0.2) is 0 Å². The van der Waals surface area contributed by atoms with Gasteiger partial charge in [-0.05, 0) is 117 Å². The van der Waals surface area contributed by atoms with Crippen molar-refractivity contribution >= 4 is 11.6 Å².